The Labute approximate surface area is 92.3 Å². The molecule has 1 aromatic rings. The van der Waals surface area contributed by atoms with Crippen molar-refractivity contribution < 1.29 is 0 Å². The summed E-state index contributed by atoms with van der Waals surface area (Å²) < 4.78 is 0. The van der Waals surface area contributed by atoms with Crippen LogP contribution in [0.15, 0.2) is 12.1 Å². The lowest BCUT2D eigenvalue weighted by atomic mass is 10.0. The molecule has 1 atom stereocenters. The Morgan fingerprint density at radius 2 is 2.00 bits per heavy atom. The van der Waals surface area contributed by atoms with Crippen molar-refractivity contribution in [1.82, 2.24) is 0 Å². The van der Waals surface area contributed by atoms with Gasteiger partial charge in [0, 0.05) is 19.1 Å². The molecule has 0 radical (unpaired) electrons. The van der Waals surface area contributed by atoms with Crippen LogP contribution in [-0.4, -0.2) is 19.1 Å². The summed E-state index contributed by atoms with van der Waals surface area (Å²) in [6, 6.07) is 5.15. The average Bonchev–Trinajstić information content (AvgIpc) is 2.21. The van der Waals surface area contributed by atoms with Crippen LogP contribution in [0.2, 0.25) is 0 Å². The first-order valence-electron chi connectivity index (χ1n) is 5.75. The monoisotopic (exact) mass is 204 g/mol. The number of anilines is 2. The number of rotatable bonds is 1. The van der Waals surface area contributed by atoms with Gasteiger partial charge in [0.05, 0.1) is 11.4 Å². The van der Waals surface area contributed by atoms with Crippen molar-refractivity contribution in [2.45, 2.75) is 33.7 Å². The molecule has 0 aromatic heterocycles. The van der Waals surface area contributed by atoms with E-state index in [1.165, 1.54) is 22.5 Å². The first kappa shape index (κ1) is 10.3. The highest BCUT2D eigenvalue weighted by Crippen LogP contribution is 2.33. The molecule has 1 aliphatic heterocycles. The molecule has 0 saturated heterocycles. The number of benzene rings is 1. The van der Waals surface area contributed by atoms with Crippen LogP contribution in [0.5, 0.6) is 0 Å². The van der Waals surface area contributed by atoms with Gasteiger partial charge in [-0.1, -0.05) is 0 Å². The van der Waals surface area contributed by atoms with Crippen LogP contribution in [0.25, 0.3) is 0 Å². The third-order valence-electron chi connectivity index (χ3n) is 3.38. The van der Waals surface area contributed by atoms with Crippen molar-refractivity contribution in [3.05, 3.63) is 23.3 Å². The minimum Gasteiger partial charge on any atom is -0.381 e. The number of nitrogens with one attached hydrogen (secondary N) is 1. The lowest BCUT2D eigenvalue weighted by Gasteiger charge is -2.37. The largest absolute Gasteiger partial charge is 0.381 e. The van der Waals surface area contributed by atoms with Crippen molar-refractivity contribution in [2.24, 2.45) is 0 Å². The first-order chi connectivity index (χ1) is 7.13. The van der Waals surface area contributed by atoms with Gasteiger partial charge in [0.25, 0.3) is 0 Å². The highest BCUT2D eigenvalue weighted by molar-refractivity contribution is 5.74. The first-order valence-corrected chi connectivity index (χ1v) is 5.75. The topological polar surface area (TPSA) is 15.3 Å². The molecular weight excluding hydrogens is 184 g/mol. The predicted octanol–water partition coefficient (Wildman–Crippen LogP) is 2.94. The van der Waals surface area contributed by atoms with Crippen molar-refractivity contribution in [1.29, 1.82) is 0 Å². The maximum absolute atomic E-state index is 3.50. The molecule has 2 nitrogen and oxygen atoms in total. The summed E-state index contributed by atoms with van der Waals surface area (Å²) in [4.78, 5) is 2.47. The zero-order valence-corrected chi connectivity index (χ0v) is 10.1. The van der Waals surface area contributed by atoms with Crippen LogP contribution in [0, 0.1) is 13.8 Å². The fraction of sp³-hybridized carbons (Fsp3) is 0.538. The summed E-state index contributed by atoms with van der Waals surface area (Å²) in [6.45, 7) is 11.0. The Hall–Kier alpha value is -1.18. The molecule has 0 aliphatic carbocycles. The summed E-state index contributed by atoms with van der Waals surface area (Å²) in [7, 11) is 0. The second kappa shape index (κ2) is 3.76. The maximum Gasteiger partial charge on any atom is 0.0607 e. The van der Waals surface area contributed by atoms with Gasteiger partial charge >= 0.3 is 0 Å². The molecule has 1 unspecified atom stereocenters. The third kappa shape index (κ3) is 1.69. The molecule has 0 spiro atoms. The Balaban J connectivity index is 2.48. The van der Waals surface area contributed by atoms with Crippen LogP contribution in [0.3, 0.4) is 0 Å². The van der Waals surface area contributed by atoms with Crippen molar-refractivity contribution in [3.63, 3.8) is 0 Å². The molecule has 0 amide bonds. The van der Waals surface area contributed by atoms with Crippen LogP contribution in [0.1, 0.15) is 25.0 Å². The second-order valence-corrected chi connectivity index (χ2v) is 4.47. The third-order valence-corrected chi connectivity index (χ3v) is 3.38. The molecule has 82 valence electrons. The molecule has 15 heavy (non-hydrogen) atoms. The number of hydrogen-bond acceptors (Lipinski definition) is 2. The maximum atomic E-state index is 3.50. The van der Waals surface area contributed by atoms with Crippen molar-refractivity contribution in [2.75, 3.05) is 23.3 Å². The predicted molar refractivity (Wildman–Crippen MR) is 66.9 cm³/mol. The van der Waals surface area contributed by atoms with Gasteiger partial charge in [-0.15, -0.1) is 0 Å². The van der Waals surface area contributed by atoms with Crippen LogP contribution >= 0.6 is 0 Å². The lowest BCUT2D eigenvalue weighted by molar-refractivity contribution is 0.658. The summed E-state index contributed by atoms with van der Waals surface area (Å²) in [5, 5.41) is 3.50. The molecule has 0 bridgehead atoms. The normalized spacial score (nSPS) is 19.7. The summed E-state index contributed by atoms with van der Waals surface area (Å²) in [5.41, 5.74) is 5.40. The average molecular weight is 204 g/mol. The van der Waals surface area contributed by atoms with E-state index in [0.717, 1.165) is 13.1 Å². The van der Waals surface area contributed by atoms with Gasteiger partial charge < -0.3 is 10.2 Å². The van der Waals surface area contributed by atoms with E-state index >= 15 is 0 Å². The van der Waals surface area contributed by atoms with E-state index < -0.39 is 0 Å². The standard InChI is InChI=1S/C13H20N2/c1-5-15-11(4)8-14-12-6-9(2)10(3)7-13(12)15/h6-7,11,14H,5,8H2,1-4H3. The molecule has 1 heterocycles. The second-order valence-electron chi connectivity index (χ2n) is 4.47. The number of aryl methyl sites for hydroxylation is 2. The molecular formula is C13H20N2. The van der Waals surface area contributed by atoms with Crippen LogP contribution < -0.4 is 10.2 Å². The highest BCUT2D eigenvalue weighted by atomic mass is 15.2. The fourth-order valence-corrected chi connectivity index (χ4v) is 2.27. The van der Waals surface area contributed by atoms with Crippen molar-refractivity contribution >= 4 is 11.4 Å². The zero-order chi connectivity index (χ0) is 11.0. The van der Waals surface area contributed by atoms with E-state index in [-0.39, 0.29) is 0 Å². The fourth-order valence-electron chi connectivity index (χ4n) is 2.27. The number of fused-ring (bicyclic) bond motifs is 1. The van der Waals surface area contributed by atoms with E-state index in [4.69, 9.17) is 0 Å². The molecule has 1 N–H and O–H groups in total. The van der Waals surface area contributed by atoms with Gasteiger partial charge in [-0.05, 0) is 51.0 Å². The van der Waals surface area contributed by atoms with Gasteiger partial charge in [-0.3, -0.25) is 0 Å². The SMILES string of the molecule is CCN1c2cc(C)c(C)cc2NCC1C. The summed E-state index contributed by atoms with van der Waals surface area (Å²) in [6.07, 6.45) is 0. The summed E-state index contributed by atoms with van der Waals surface area (Å²) >= 11 is 0. The number of nitrogens with zero attached hydrogens (tertiary/aromatic N) is 1. The quantitative estimate of drug-likeness (QED) is 0.756. The van der Waals surface area contributed by atoms with E-state index in [1.54, 1.807) is 0 Å². The van der Waals surface area contributed by atoms with Gasteiger partial charge in [0.1, 0.15) is 0 Å². The van der Waals surface area contributed by atoms with Crippen LogP contribution in [-0.2, 0) is 0 Å². The van der Waals surface area contributed by atoms with E-state index in [0.29, 0.717) is 6.04 Å². The zero-order valence-electron chi connectivity index (χ0n) is 10.1. The Kier molecular flexibility index (Phi) is 2.59. The highest BCUT2D eigenvalue weighted by Gasteiger charge is 2.21. The smallest absolute Gasteiger partial charge is 0.0607 e. The molecule has 0 saturated carbocycles. The number of likely N-dealkylation sites (N-methyl/N-ethyl adjacent to an activating group) is 1. The Bertz CT molecular complexity index is 371. The summed E-state index contributed by atoms with van der Waals surface area (Å²) in [5.74, 6) is 0. The van der Waals surface area contributed by atoms with Gasteiger partial charge in [0.15, 0.2) is 0 Å². The van der Waals surface area contributed by atoms with E-state index in [9.17, 15) is 0 Å². The Morgan fingerprint density at radius 3 is 2.67 bits per heavy atom. The lowest BCUT2D eigenvalue weighted by Crippen LogP contribution is -2.41. The van der Waals surface area contributed by atoms with E-state index in [2.05, 4.69) is 50.0 Å². The molecule has 1 aromatic carbocycles. The van der Waals surface area contributed by atoms with Gasteiger partial charge in [-0.2, -0.15) is 0 Å². The van der Waals surface area contributed by atoms with Gasteiger partial charge in [-0.25, -0.2) is 0 Å². The van der Waals surface area contributed by atoms with Gasteiger partial charge in [0.2, 0.25) is 0 Å². The van der Waals surface area contributed by atoms with Crippen LogP contribution in [0.4, 0.5) is 11.4 Å². The number of hydrogen-bond donors (Lipinski definition) is 1. The molecule has 2 heteroatoms. The molecule has 0 fully saturated rings. The minimum atomic E-state index is 0.588. The van der Waals surface area contributed by atoms with E-state index in [1.807, 2.05) is 0 Å². The molecule has 1 aliphatic rings. The molecule has 2 rings (SSSR count). The minimum absolute atomic E-state index is 0.588. The Morgan fingerprint density at radius 1 is 1.33 bits per heavy atom. The van der Waals surface area contributed by atoms with Crippen molar-refractivity contribution in [3.8, 4) is 0 Å².